The van der Waals surface area contributed by atoms with Crippen LogP contribution < -0.4 is 10.6 Å². The molecule has 0 spiro atoms. The van der Waals surface area contributed by atoms with Crippen LogP contribution in [0.25, 0.3) is 0 Å². The van der Waals surface area contributed by atoms with Crippen LogP contribution in [0.3, 0.4) is 0 Å². The van der Waals surface area contributed by atoms with Gasteiger partial charge < -0.3 is 9.73 Å². The number of carbonyl (C=O) groups excluding carboxylic acids is 1. The third-order valence-electron chi connectivity index (χ3n) is 2.36. The molecule has 21 heavy (non-hydrogen) atoms. The zero-order valence-corrected chi connectivity index (χ0v) is 12.7. The number of hydrogen-bond donors (Lipinski definition) is 2. The molecular formula is C12H8BrN3O4S. The van der Waals surface area contributed by atoms with Crippen molar-refractivity contribution in [2.75, 3.05) is 5.32 Å². The van der Waals surface area contributed by atoms with Gasteiger partial charge in [0.2, 0.25) is 0 Å². The maximum absolute atomic E-state index is 11.8. The van der Waals surface area contributed by atoms with E-state index in [0.29, 0.717) is 5.69 Å². The molecule has 0 bridgehead atoms. The average molecular weight is 370 g/mol. The lowest BCUT2D eigenvalue weighted by molar-refractivity contribution is -0.402. The number of anilines is 1. The molecule has 0 aliphatic rings. The van der Waals surface area contributed by atoms with Gasteiger partial charge in [-0.3, -0.25) is 20.2 Å². The Labute approximate surface area is 132 Å². The van der Waals surface area contributed by atoms with Crippen LogP contribution >= 0.6 is 28.1 Å². The van der Waals surface area contributed by atoms with Gasteiger partial charge >= 0.3 is 5.88 Å². The first-order valence-corrected chi connectivity index (χ1v) is 6.76. The van der Waals surface area contributed by atoms with Gasteiger partial charge in [-0.15, -0.1) is 0 Å². The number of halogens is 1. The zero-order valence-electron chi connectivity index (χ0n) is 10.3. The third kappa shape index (κ3) is 4.10. The minimum absolute atomic E-state index is 0.0154. The molecule has 7 nitrogen and oxygen atoms in total. The summed E-state index contributed by atoms with van der Waals surface area (Å²) in [5.41, 5.74) is 0.711. The predicted octanol–water partition coefficient (Wildman–Crippen LogP) is 3.08. The molecule has 0 aliphatic carbocycles. The molecule has 0 unspecified atom stereocenters. The smallest absolute Gasteiger partial charge is 0.408 e. The van der Waals surface area contributed by atoms with Crippen LogP contribution in [-0.4, -0.2) is 15.9 Å². The fourth-order valence-electron chi connectivity index (χ4n) is 1.41. The van der Waals surface area contributed by atoms with E-state index in [0.717, 1.165) is 16.8 Å². The summed E-state index contributed by atoms with van der Waals surface area (Å²) >= 11 is 8.28. The van der Waals surface area contributed by atoms with E-state index in [1.807, 2.05) is 12.1 Å². The Morgan fingerprint density at radius 3 is 2.57 bits per heavy atom. The van der Waals surface area contributed by atoms with Crippen LogP contribution in [0.5, 0.6) is 0 Å². The number of furan rings is 1. The number of nitrogens with one attached hydrogen (secondary N) is 2. The quantitative estimate of drug-likeness (QED) is 0.490. The molecular weight excluding hydrogens is 362 g/mol. The van der Waals surface area contributed by atoms with Gasteiger partial charge in [0, 0.05) is 10.2 Å². The normalized spacial score (nSPS) is 9.95. The van der Waals surface area contributed by atoms with Crippen molar-refractivity contribution in [2.24, 2.45) is 0 Å². The summed E-state index contributed by atoms with van der Waals surface area (Å²) in [6, 6.07) is 8.19. The van der Waals surface area contributed by atoms with E-state index in [1.54, 1.807) is 12.1 Å². The van der Waals surface area contributed by atoms with Crippen molar-refractivity contribution in [2.45, 2.75) is 0 Å². The Morgan fingerprint density at radius 1 is 1.33 bits per heavy atom. The number of nitrogens with zero attached hydrogens (tertiary/aromatic N) is 1. The van der Waals surface area contributed by atoms with E-state index in [-0.39, 0.29) is 10.7 Å². The molecule has 9 heteroatoms. The number of carbonyl (C=O) groups is 1. The fourth-order valence-corrected chi connectivity index (χ4v) is 1.89. The lowest BCUT2D eigenvalue weighted by atomic mass is 10.3. The zero-order chi connectivity index (χ0) is 15.4. The second-order valence-electron chi connectivity index (χ2n) is 3.85. The second kappa shape index (κ2) is 6.46. The standard InChI is InChI=1S/C12H8BrN3O4S/c13-8-1-3-9(4-2-8)14-12(21)15-11(17)7-5-10(16(18)19)20-6-7/h1-6H,(H2,14,15,17,21). The molecule has 1 aromatic heterocycles. The molecule has 1 heterocycles. The number of thiocarbonyl (C=S) groups is 1. The van der Waals surface area contributed by atoms with Gasteiger partial charge in [-0.2, -0.15) is 0 Å². The summed E-state index contributed by atoms with van der Waals surface area (Å²) in [5.74, 6) is -1.10. The number of amides is 1. The molecule has 2 N–H and O–H groups in total. The van der Waals surface area contributed by atoms with Crippen molar-refractivity contribution in [3.63, 3.8) is 0 Å². The van der Waals surface area contributed by atoms with Crippen molar-refractivity contribution >= 4 is 50.7 Å². The molecule has 0 saturated heterocycles. The van der Waals surface area contributed by atoms with Crippen LogP contribution in [0.1, 0.15) is 10.4 Å². The molecule has 1 amide bonds. The van der Waals surface area contributed by atoms with Crippen LogP contribution in [-0.2, 0) is 0 Å². The summed E-state index contributed by atoms with van der Waals surface area (Å²) in [7, 11) is 0. The van der Waals surface area contributed by atoms with Gasteiger partial charge in [0.1, 0.15) is 11.2 Å². The van der Waals surface area contributed by atoms with E-state index < -0.39 is 16.7 Å². The Kier molecular flexibility index (Phi) is 4.66. The minimum Gasteiger partial charge on any atom is -0.408 e. The van der Waals surface area contributed by atoms with E-state index in [2.05, 4.69) is 31.0 Å². The first-order chi connectivity index (χ1) is 9.95. The van der Waals surface area contributed by atoms with Crippen molar-refractivity contribution in [3.8, 4) is 0 Å². The monoisotopic (exact) mass is 369 g/mol. The van der Waals surface area contributed by atoms with E-state index in [9.17, 15) is 14.9 Å². The highest BCUT2D eigenvalue weighted by molar-refractivity contribution is 9.10. The molecule has 108 valence electrons. The van der Waals surface area contributed by atoms with Crippen molar-refractivity contribution < 1.29 is 14.1 Å². The first-order valence-electron chi connectivity index (χ1n) is 5.56. The molecule has 2 rings (SSSR count). The Hall–Kier alpha value is -2.26. The van der Waals surface area contributed by atoms with Crippen LogP contribution in [0, 0.1) is 10.1 Å². The average Bonchev–Trinajstić information content (AvgIpc) is 2.91. The van der Waals surface area contributed by atoms with Gasteiger partial charge in [0.05, 0.1) is 11.6 Å². The maximum atomic E-state index is 11.8. The predicted molar refractivity (Wildman–Crippen MR) is 83.2 cm³/mol. The lowest BCUT2D eigenvalue weighted by Crippen LogP contribution is -2.33. The SMILES string of the molecule is O=C(NC(=S)Nc1ccc(Br)cc1)c1coc([N+](=O)[O-])c1. The molecule has 0 saturated carbocycles. The molecule has 0 radical (unpaired) electrons. The fraction of sp³-hybridized carbons (Fsp3) is 0. The number of nitro groups is 1. The van der Waals surface area contributed by atoms with Crippen LogP contribution in [0.15, 0.2) is 45.5 Å². The first kappa shape index (κ1) is 15.1. The van der Waals surface area contributed by atoms with Crippen LogP contribution in [0.4, 0.5) is 11.6 Å². The summed E-state index contributed by atoms with van der Waals surface area (Å²) in [6.45, 7) is 0. The Bertz CT molecular complexity index is 699. The molecule has 2 aromatic rings. The Balaban J connectivity index is 1.96. The van der Waals surface area contributed by atoms with Gasteiger partial charge in [-0.05, 0) is 36.5 Å². The van der Waals surface area contributed by atoms with Gasteiger partial charge in [0.15, 0.2) is 5.11 Å². The molecule has 0 aliphatic heterocycles. The second-order valence-corrected chi connectivity index (χ2v) is 5.17. The van der Waals surface area contributed by atoms with Crippen molar-refractivity contribution in [1.82, 2.24) is 5.32 Å². The van der Waals surface area contributed by atoms with Crippen LogP contribution in [0.2, 0.25) is 0 Å². The topological polar surface area (TPSA) is 97.4 Å². The maximum Gasteiger partial charge on any atom is 0.433 e. The van der Waals surface area contributed by atoms with E-state index in [1.165, 1.54) is 0 Å². The highest BCUT2D eigenvalue weighted by Gasteiger charge is 2.17. The minimum atomic E-state index is -0.727. The molecule has 0 atom stereocenters. The van der Waals surface area contributed by atoms with Gasteiger partial charge in [0.25, 0.3) is 5.91 Å². The van der Waals surface area contributed by atoms with Gasteiger partial charge in [-0.1, -0.05) is 15.9 Å². The number of benzene rings is 1. The number of hydrogen-bond acceptors (Lipinski definition) is 5. The molecule has 1 aromatic carbocycles. The van der Waals surface area contributed by atoms with E-state index >= 15 is 0 Å². The van der Waals surface area contributed by atoms with Crippen molar-refractivity contribution in [1.29, 1.82) is 0 Å². The van der Waals surface area contributed by atoms with E-state index in [4.69, 9.17) is 12.2 Å². The Morgan fingerprint density at radius 2 is 2.00 bits per heavy atom. The largest absolute Gasteiger partial charge is 0.433 e. The van der Waals surface area contributed by atoms with Gasteiger partial charge in [-0.25, -0.2) is 0 Å². The third-order valence-corrected chi connectivity index (χ3v) is 3.09. The van der Waals surface area contributed by atoms with Crippen molar-refractivity contribution in [3.05, 3.63) is 56.7 Å². The highest BCUT2D eigenvalue weighted by atomic mass is 79.9. The lowest BCUT2D eigenvalue weighted by Gasteiger charge is -2.08. The summed E-state index contributed by atoms with van der Waals surface area (Å²) in [6.07, 6.45) is 0.996. The summed E-state index contributed by atoms with van der Waals surface area (Å²) < 4.78 is 5.54. The molecule has 0 fully saturated rings. The summed E-state index contributed by atoms with van der Waals surface area (Å²) in [5, 5.41) is 15.8. The number of rotatable bonds is 3. The summed E-state index contributed by atoms with van der Waals surface area (Å²) in [4.78, 5) is 21.5. The highest BCUT2D eigenvalue weighted by Crippen LogP contribution is 2.16.